The lowest BCUT2D eigenvalue weighted by Crippen LogP contribution is -2.11. The predicted molar refractivity (Wildman–Crippen MR) is 166 cm³/mol. The summed E-state index contributed by atoms with van der Waals surface area (Å²) in [4.78, 5) is 12.8. The molecular formula is C37H45NO3. The van der Waals surface area contributed by atoms with Crippen LogP contribution in [0.1, 0.15) is 107 Å². The molecule has 216 valence electrons. The van der Waals surface area contributed by atoms with Gasteiger partial charge in [0.05, 0.1) is 23.2 Å². The Balaban J connectivity index is 1.28. The molecule has 3 aromatic rings. The summed E-state index contributed by atoms with van der Waals surface area (Å²) in [5, 5.41) is 9.90. The summed E-state index contributed by atoms with van der Waals surface area (Å²) in [6.07, 6.45) is 13.2. The molecule has 0 N–H and O–H groups in total. The highest BCUT2D eigenvalue weighted by Crippen LogP contribution is 2.56. The fourth-order valence-electron chi connectivity index (χ4n) is 5.71. The van der Waals surface area contributed by atoms with Gasteiger partial charge >= 0.3 is 5.97 Å². The number of ether oxygens (including phenoxy) is 2. The molecule has 3 atom stereocenters. The standard InChI is InChI=1S/C37H45NO3/c1-4-6-8-10-12-28(3)40-34-22-18-30(19-23-34)29-14-16-31(17-15-29)36(39)41-35-24-20-32(21-25-35)37(27-38)26-33(37)13-11-9-7-5-2/h14-25,28,33H,4-13,26H2,1-3H3/t28-,33+,37+/m1/s1. The number of nitrogens with zero attached hydrogens (tertiary/aromatic N) is 1. The minimum Gasteiger partial charge on any atom is -0.491 e. The Morgan fingerprint density at radius 2 is 1.41 bits per heavy atom. The molecule has 0 spiro atoms. The quantitative estimate of drug-likeness (QED) is 0.101. The molecule has 0 heterocycles. The second kappa shape index (κ2) is 14.9. The van der Waals surface area contributed by atoms with Gasteiger partial charge in [-0.2, -0.15) is 5.26 Å². The SMILES string of the molecule is CCCCCC[C@H]1C[C@]1(C#N)c1ccc(OC(=O)c2ccc(-c3ccc(O[C@H](C)CCCCCC)cc3)cc2)cc1. The maximum Gasteiger partial charge on any atom is 0.343 e. The number of hydrogen-bond acceptors (Lipinski definition) is 4. The number of nitriles is 1. The minimum absolute atomic E-state index is 0.206. The Labute approximate surface area is 246 Å². The first-order chi connectivity index (χ1) is 20.0. The molecular weight excluding hydrogens is 506 g/mol. The molecule has 4 nitrogen and oxygen atoms in total. The minimum atomic E-state index is -0.392. The Morgan fingerprint density at radius 1 is 0.829 bits per heavy atom. The van der Waals surface area contributed by atoms with Crippen molar-refractivity contribution in [2.75, 3.05) is 0 Å². The Morgan fingerprint density at radius 3 is 2.02 bits per heavy atom. The number of unbranched alkanes of at least 4 members (excludes halogenated alkanes) is 6. The van der Waals surface area contributed by atoms with E-state index >= 15 is 0 Å². The van der Waals surface area contributed by atoms with Crippen LogP contribution in [0.2, 0.25) is 0 Å². The molecule has 0 amide bonds. The largest absolute Gasteiger partial charge is 0.491 e. The van der Waals surface area contributed by atoms with Crippen LogP contribution in [0.15, 0.2) is 72.8 Å². The summed E-state index contributed by atoms with van der Waals surface area (Å²) in [7, 11) is 0. The van der Waals surface area contributed by atoms with Crippen LogP contribution < -0.4 is 9.47 Å². The van der Waals surface area contributed by atoms with E-state index in [1.54, 1.807) is 12.1 Å². The van der Waals surface area contributed by atoms with Crippen LogP contribution in [0, 0.1) is 17.2 Å². The highest BCUT2D eigenvalue weighted by molar-refractivity contribution is 5.91. The molecule has 0 aliphatic heterocycles. The van der Waals surface area contributed by atoms with Gasteiger partial charge in [0.2, 0.25) is 0 Å². The zero-order chi connectivity index (χ0) is 29.1. The number of benzene rings is 3. The normalized spacial score (nSPS) is 18.3. The smallest absolute Gasteiger partial charge is 0.343 e. The molecule has 1 saturated carbocycles. The van der Waals surface area contributed by atoms with Gasteiger partial charge in [0.1, 0.15) is 11.5 Å². The number of carbonyl (C=O) groups is 1. The molecule has 3 aromatic carbocycles. The van der Waals surface area contributed by atoms with Gasteiger partial charge in [-0.3, -0.25) is 0 Å². The molecule has 0 bridgehead atoms. The maximum absolute atomic E-state index is 12.8. The maximum atomic E-state index is 12.8. The first kappa shape index (κ1) is 30.4. The van der Waals surface area contributed by atoms with Crippen LogP contribution in [0.25, 0.3) is 11.1 Å². The summed E-state index contributed by atoms with van der Waals surface area (Å²) in [5.41, 5.74) is 3.25. The van der Waals surface area contributed by atoms with Gasteiger partial charge in [-0.15, -0.1) is 0 Å². The Hall–Kier alpha value is -3.58. The average molecular weight is 552 g/mol. The van der Waals surface area contributed by atoms with Crippen LogP contribution >= 0.6 is 0 Å². The lowest BCUT2D eigenvalue weighted by molar-refractivity contribution is 0.0734. The van der Waals surface area contributed by atoms with Crippen molar-refractivity contribution in [2.24, 2.45) is 5.92 Å². The summed E-state index contributed by atoms with van der Waals surface area (Å²) in [6, 6.07) is 25.7. The molecule has 1 fully saturated rings. The van der Waals surface area contributed by atoms with Crippen molar-refractivity contribution in [1.82, 2.24) is 0 Å². The number of esters is 1. The van der Waals surface area contributed by atoms with E-state index in [2.05, 4.69) is 39.0 Å². The van der Waals surface area contributed by atoms with E-state index in [1.807, 2.05) is 48.5 Å². The van der Waals surface area contributed by atoms with Crippen molar-refractivity contribution in [3.63, 3.8) is 0 Å². The van der Waals surface area contributed by atoms with Gasteiger partial charge in [-0.25, -0.2) is 4.79 Å². The second-order valence-electron chi connectivity index (χ2n) is 11.6. The predicted octanol–water partition coefficient (Wildman–Crippen LogP) is 10.1. The molecule has 0 aromatic heterocycles. The summed E-state index contributed by atoms with van der Waals surface area (Å²) < 4.78 is 11.7. The zero-order valence-corrected chi connectivity index (χ0v) is 25.0. The van der Waals surface area contributed by atoms with Crippen LogP contribution in [0.3, 0.4) is 0 Å². The third-order valence-corrected chi connectivity index (χ3v) is 8.40. The van der Waals surface area contributed by atoms with Gasteiger partial charge in [0, 0.05) is 0 Å². The van der Waals surface area contributed by atoms with Gasteiger partial charge in [0.25, 0.3) is 0 Å². The van der Waals surface area contributed by atoms with Gasteiger partial charge in [0.15, 0.2) is 0 Å². The van der Waals surface area contributed by atoms with Crippen molar-refractivity contribution in [3.8, 4) is 28.7 Å². The fraction of sp³-hybridized carbons (Fsp3) is 0.459. The van der Waals surface area contributed by atoms with Crippen LogP contribution in [0.4, 0.5) is 0 Å². The molecule has 4 heteroatoms. The summed E-state index contributed by atoms with van der Waals surface area (Å²) >= 11 is 0. The topological polar surface area (TPSA) is 59.3 Å². The Kier molecular flexibility index (Phi) is 11.0. The number of rotatable bonds is 16. The van der Waals surface area contributed by atoms with E-state index in [0.29, 0.717) is 17.2 Å². The Bertz CT molecular complexity index is 1270. The van der Waals surface area contributed by atoms with E-state index < -0.39 is 5.97 Å². The average Bonchev–Trinajstić information content (AvgIpc) is 3.73. The first-order valence-corrected chi connectivity index (χ1v) is 15.6. The van der Waals surface area contributed by atoms with Crippen molar-refractivity contribution < 1.29 is 14.3 Å². The van der Waals surface area contributed by atoms with Crippen molar-refractivity contribution in [2.45, 2.75) is 103 Å². The number of carbonyl (C=O) groups excluding carboxylic acids is 1. The van der Waals surface area contributed by atoms with E-state index in [4.69, 9.17) is 9.47 Å². The third-order valence-electron chi connectivity index (χ3n) is 8.40. The molecule has 4 rings (SSSR count). The molecule has 0 saturated heterocycles. The van der Waals surface area contributed by atoms with Gasteiger partial charge < -0.3 is 9.47 Å². The monoisotopic (exact) mass is 551 g/mol. The zero-order valence-electron chi connectivity index (χ0n) is 25.0. The van der Waals surface area contributed by atoms with Crippen LogP contribution in [-0.4, -0.2) is 12.1 Å². The van der Waals surface area contributed by atoms with Crippen molar-refractivity contribution in [1.29, 1.82) is 5.26 Å². The van der Waals surface area contributed by atoms with E-state index in [0.717, 1.165) is 41.7 Å². The summed E-state index contributed by atoms with van der Waals surface area (Å²) in [5.74, 6) is 1.42. The van der Waals surface area contributed by atoms with Gasteiger partial charge in [-0.05, 0) is 91.6 Å². The summed E-state index contributed by atoms with van der Waals surface area (Å²) in [6.45, 7) is 6.58. The highest BCUT2D eigenvalue weighted by Gasteiger charge is 2.55. The first-order valence-electron chi connectivity index (χ1n) is 15.6. The molecule has 41 heavy (non-hydrogen) atoms. The molecule has 0 unspecified atom stereocenters. The number of hydrogen-bond donors (Lipinski definition) is 0. The van der Waals surface area contributed by atoms with Crippen molar-refractivity contribution in [3.05, 3.63) is 83.9 Å². The fourth-order valence-corrected chi connectivity index (χ4v) is 5.71. The van der Waals surface area contributed by atoms with E-state index in [1.165, 1.54) is 51.4 Å². The third kappa shape index (κ3) is 8.23. The second-order valence-corrected chi connectivity index (χ2v) is 11.6. The van der Waals surface area contributed by atoms with E-state index in [9.17, 15) is 10.1 Å². The molecule has 1 aliphatic rings. The van der Waals surface area contributed by atoms with Gasteiger partial charge in [-0.1, -0.05) is 95.2 Å². The van der Waals surface area contributed by atoms with Crippen molar-refractivity contribution >= 4 is 5.97 Å². The van der Waals surface area contributed by atoms with E-state index in [-0.39, 0.29) is 11.5 Å². The van der Waals surface area contributed by atoms with Crippen LogP contribution in [0.5, 0.6) is 11.5 Å². The molecule has 1 aliphatic carbocycles. The highest BCUT2D eigenvalue weighted by atomic mass is 16.5. The lowest BCUT2D eigenvalue weighted by Gasteiger charge is -2.15. The lowest BCUT2D eigenvalue weighted by atomic mass is 9.93. The van der Waals surface area contributed by atoms with Crippen LogP contribution in [-0.2, 0) is 5.41 Å². The molecule has 0 radical (unpaired) electrons.